The van der Waals surface area contributed by atoms with Crippen LogP contribution in [0.3, 0.4) is 0 Å². The molecular weight excluding hydrogens is 366 g/mol. The van der Waals surface area contributed by atoms with Gasteiger partial charge in [-0.3, -0.25) is 9.69 Å². The van der Waals surface area contributed by atoms with Gasteiger partial charge in [0.05, 0.1) is 18.3 Å². The molecule has 0 N–H and O–H groups in total. The standard InChI is InChI=1S/C24H23NO4/c1-5-13-29-20-8-6-7-18(14-20)15-21-22(24(27)28-4)17(3)25(23(21)26)19-11-9-16(2)10-12-19/h5-12,14-15H,1,13H2,2-4H3/b21-15-. The first-order chi connectivity index (χ1) is 14.0. The zero-order valence-electron chi connectivity index (χ0n) is 16.8. The number of nitrogens with zero attached hydrogens (tertiary/aromatic N) is 1. The Morgan fingerprint density at radius 3 is 2.52 bits per heavy atom. The molecule has 1 aliphatic rings. The van der Waals surface area contributed by atoms with Crippen molar-refractivity contribution in [3.8, 4) is 5.75 Å². The number of rotatable bonds is 6. The van der Waals surface area contributed by atoms with Gasteiger partial charge in [0.15, 0.2) is 0 Å². The van der Waals surface area contributed by atoms with E-state index in [9.17, 15) is 9.59 Å². The number of ether oxygens (including phenoxy) is 2. The number of hydrogen-bond acceptors (Lipinski definition) is 4. The quantitative estimate of drug-likeness (QED) is 0.416. The average Bonchev–Trinajstić information content (AvgIpc) is 2.96. The van der Waals surface area contributed by atoms with E-state index in [1.54, 1.807) is 19.1 Å². The lowest BCUT2D eigenvalue weighted by Gasteiger charge is -2.18. The van der Waals surface area contributed by atoms with Crippen LogP contribution in [0, 0.1) is 6.92 Å². The van der Waals surface area contributed by atoms with Gasteiger partial charge in [-0.2, -0.15) is 0 Å². The molecule has 0 saturated carbocycles. The summed E-state index contributed by atoms with van der Waals surface area (Å²) in [4.78, 5) is 27.3. The van der Waals surface area contributed by atoms with Crippen molar-refractivity contribution in [3.63, 3.8) is 0 Å². The maximum Gasteiger partial charge on any atom is 0.340 e. The van der Waals surface area contributed by atoms with Crippen LogP contribution < -0.4 is 9.64 Å². The van der Waals surface area contributed by atoms with Crippen molar-refractivity contribution in [2.45, 2.75) is 13.8 Å². The number of amides is 1. The Kier molecular flexibility index (Phi) is 5.98. The minimum absolute atomic E-state index is 0.260. The van der Waals surface area contributed by atoms with Gasteiger partial charge >= 0.3 is 5.97 Å². The predicted octanol–water partition coefficient (Wildman–Crippen LogP) is 4.44. The van der Waals surface area contributed by atoms with Gasteiger partial charge in [0.2, 0.25) is 0 Å². The summed E-state index contributed by atoms with van der Waals surface area (Å²) in [7, 11) is 1.31. The van der Waals surface area contributed by atoms with Crippen LogP contribution in [0.25, 0.3) is 6.08 Å². The molecule has 1 aliphatic heterocycles. The fourth-order valence-electron chi connectivity index (χ4n) is 3.20. The summed E-state index contributed by atoms with van der Waals surface area (Å²) in [6, 6.07) is 14.9. The molecule has 1 amide bonds. The highest BCUT2D eigenvalue weighted by Gasteiger charge is 2.37. The van der Waals surface area contributed by atoms with Gasteiger partial charge < -0.3 is 9.47 Å². The molecule has 0 aliphatic carbocycles. The van der Waals surface area contributed by atoms with Crippen molar-refractivity contribution in [1.82, 2.24) is 0 Å². The van der Waals surface area contributed by atoms with Gasteiger partial charge in [0.25, 0.3) is 5.91 Å². The molecule has 5 heteroatoms. The molecule has 0 aromatic heterocycles. The van der Waals surface area contributed by atoms with E-state index in [2.05, 4.69) is 6.58 Å². The third-order valence-corrected chi connectivity index (χ3v) is 4.62. The van der Waals surface area contributed by atoms with Crippen LogP contribution >= 0.6 is 0 Å². The zero-order chi connectivity index (χ0) is 21.0. The first-order valence-electron chi connectivity index (χ1n) is 9.22. The van der Waals surface area contributed by atoms with Gasteiger partial charge in [-0.05, 0) is 49.8 Å². The van der Waals surface area contributed by atoms with Gasteiger partial charge in [-0.25, -0.2) is 4.79 Å². The predicted molar refractivity (Wildman–Crippen MR) is 113 cm³/mol. The topological polar surface area (TPSA) is 55.8 Å². The number of carbonyl (C=O) groups excluding carboxylic acids is 2. The summed E-state index contributed by atoms with van der Waals surface area (Å²) in [5.74, 6) is -0.166. The molecule has 0 bridgehead atoms. The van der Waals surface area contributed by atoms with Crippen molar-refractivity contribution >= 4 is 23.6 Å². The number of esters is 1. The van der Waals surface area contributed by atoms with Crippen molar-refractivity contribution in [2.75, 3.05) is 18.6 Å². The third kappa shape index (κ3) is 4.14. The van der Waals surface area contributed by atoms with Crippen LogP contribution in [0.2, 0.25) is 0 Å². The summed E-state index contributed by atoms with van der Waals surface area (Å²) in [5.41, 5.74) is 3.62. The molecule has 0 unspecified atom stereocenters. The molecule has 2 aromatic rings. The lowest BCUT2D eigenvalue weighted by molar-refractivity contribution is -0.136. The molecule has 29 heavy (non-hydrogen) atoms. The van der Waals surface area contributed by atoms with Gasteiger partial charge in [0, 0.05) is 11.4 Å². The molecule has 0 saturated heterocycles. The molecule has 0 spiro atoms. The lowest BCUT2D eigenvalue weighted by Crippen LogP contribution is -2.24. The number of aryl methyl sites for hydroxylation is 1. The second-order valence-electron chi connectivity index (χ2n) is 6.66. The minimum atomic E-state index is -0.546. The van der Waals surface area contributed by atoms with Crippen LogP contribution in [0.1, 0.15) is 18.1 Å². The Morgan fingerprint density at radius 2 is 1.86 bits per heavy atom. The zero-order valence-corrected chi connectivity index (χ0v) is 16.8. The van der Waals surface area contributed by atoms with Crippen LogP contribution in [-0.4, -0.2) is 25.6 Å². The monoisotopic (exact) mass is 389 g/mol. The smallest absolute Gasteiger partial charge is 0.340 e. The summed E-state index contributed by atoms with van der Waals surface area (Å²) >= 11 is 0. The molecule has 0 radical (unpaired) electrons. The average molecular weight is 389 g/mol. The Bertz CT molecular complexity index is 1020. The maximum atomic E-state index is 13.3. The molecule has 1 heterocycles. The van der Waals surface area contributed by atoms with Crippen molar-refractivity contribution in [3.05, 3.63) is 89.2 Å². The van der Waals surface area contributed by atoms with Crippen LogP contribution in [0.4, 0.5) is 5.69 Å². The van der Waals surface area contributed by atoms with E-state index in [1.165, 1.54) is 12.0 Å². The number of carbonyl (C=O) groups is 2. The highest BCUT2D eigenvalue weighted by molar-refractivity contribution is 6.23. The minimum Gasteiger partial charge on any atom is -0.490 e. The van der Waals surface area contributed by atoms with Crippen molar-refractivity contribution < 1.29 is 19.1 Å². The van der Waals surface area contributed by atoms with E-state index in [-0.39, 0.29) is 17.1 Å². The van der Waals surface area contributed by atoms with Gasteiger partial charge in [0.1, 0.15) is 12.4 Å². The highest BCUT2D eigenvalue weighted by Crippen LogP contribution is 2.35. The Morgan fingerprint density at radius 1 is 1.14 bits per heavy atom. The van der Waals surface area contributed by atoms with Crippen LogP contribution in [0.15, 0.2) is 78.0 Å². The molecule has 5 nitrogen and oxygen atoms in total. The van der Waals surface area contributed by atoms with E-state index in [0.29, 0.717) is 23.7 Å². The highest BCUT2D eigenvalue weighted by atomic mass is 16.5. The molecule has 2 aromatic carbocycles. The summed E-state index contributed by atoms with van der Waals surface area (Å²) in [5, 5.41) is 0. The largest absolute Gasteiger partial charge is 0.490 e. The summed E-state index contributed by atoms with van der Waals surface area (Å²) in [6.07, 6.45) is 3.35. The Balaban J connectivity index is 2.06. The fourth-order valence-corrected chi connectivity index (χ4v) is 3.20. The van der Waals surface area contributed by atoms with Crippen molar-refractivity contribution in [1.29, 1.82) is 0 Å². The van der Waals surface area contributed by atoms with E-state index in [1.807, 2.05) is 55.5 Å². The third-order valence-electron chi connectivity index (χ3n) is 4.62. The number of anilines is 1. The summed E-state index contributed by atoms with van der Waals surface area (Å²) < 4.78 is 10.5. The second-order valence-corrected chi connectivity index (χ2v) is 6.66. The normalized spacial score (nSPS) is 15.1. The van der Waals surface area contributed by atoms with Crippen molar-refractivity contribution in [2.24, 2.45) is 0 Å². The van der Waals surface area contributed by atoms with E-state index >= 15 is 0 Å². The number of methoxy groups -OCH3 is 1. The van der Waals surface area contributed by atoms with E-state index < -0.39 is 5.97 Å². The van der Waals surface area contributed by atoms with E-state index in [4.69, 9.17) is 9.47 Å². The second kappa shape index (κ2) is 8.61. The SMILES string of the molecule is C=CCOc1cccc(/C=C2\C(=O)N(c3ccc(C)cc3)C(C)=C2C(=O)OC)c1. The Labute approximate surface area is 170 Å². The lowest BCUT2D eigenvalue weighted by atomic mass is 10.0. The molecule has 3 rings (SSSR count). The molecule has 0 atom stereocenters. The number of allylic oxidation sites excluding steroid dienone is 1. The van der Waals surface area contributed by atoms with E-state index in [0.717, 1.165) is 11.1 Å². The van der Waals surface area contributed by atoms with Gasteiger partial charge in [-0.1, -0.05) is 42.5 Å². The van der Waals surface area contributed by atoms with Gasteiger partial charge in [-0.15, -0.1) is 0 Å². The number of benzene rings is 2. The maximum absolute atomic E-state index is 13.3. The first-order valence-corrected chi connectivity index (χ1v) is 9.22. The fraction of sp³-hybridized carbons (Fsp3) is 0.167. The Hall–Kier alpha value is -3.60. The first kappa shape index (κ1) is 20.1. The molecule has 148 valence electrons. The van der Waals surface area contributed by atoms with Crippen LogP contribution in [-0.2, 0) is 14.3 Å². The van der Waals surface area contributed by atoms with Crippen LogP contribution in [0.5, 0.6) is 5.75 Å². The number of hydrogen-bond donors (Lipinski definition) is 0. The molecular formula is C24H23NO4. The summed E-state index contributed by atoms with van der Waals surface area (Å²) in [6.45, 7) is 7.74. The molecule has 0 fully saturated rings.